The summed E-state index contributed by atoms with van der Waals surface area (Å²) in [4.78, 5) is 20.2. The minimum atomic E-state index is -0.0733. The van der Waals surface area contributed by atoms with Crippen LogP contribution in [0.2, 0.25) is 0 Å². The molecular weight excluding hydrogens is 504 g/mol. The minimum absolute atomic E-state index is 0.0733. The lowest BCUT2D eigenvalue weighted by molar-refractivity contribution is -0.122. The number of halogens is 1. The second-order valence-corrected chi connectivity index (χ2v) is 8.78. The van der Waals surface area contributed by atoms with Crippen molar-refractivity contribution in [2.24, 2.45) is 4.99 Å². The van der Waals surface area contributed by atoms with Crippen LogP contribution in [0.3, 0.4) is 0 Å². The smallest absolute Gasteiger partial charge is 0.266 e. The zero-order valence-electron chi connectivity index (χ0n) is 18.8. The quantitative estimate of drug-likeness (QED) is 0.300. The standard InChI is InChI=1S/C25H25BrN2O4S/c1-5-12-28-24(29)22(33-25(28)27-18-8-10-19(30-4)11-9-18)16-17-14-20(26)23(32-13-6-2)21(15-17)31-7-3/h2,8-11,14-16H,5,7,12-13H2,1,3-4H3. The number of ether oxygens (including phenoxy) is 3. The summed E-state index contributed by atoms with van der Waals surface area (Å²) in [5, 5.41) is 0.649. The summed E-state index contributed by atoms with van der Waals surface area (Å²) in [6, 6.07) is 11.1. The van der Waals surface area contributed by atoms with E-state index in [1.807, 2.05) is 56.3 Å². The number of terminal acetylenes is 1. The molecule has 33 heavy (non-hydrogen) atoms. The number of thioether (sulfide) groups is 1. The Bertz CT molecular complexity index is 1110. The maximum absolute atomic E-state index is 13.2. The number of aliphatic imine (C=N–C) groups is 1. The zero-order chi connectivity index (χ0) is 23.8. The first-order chi connectivity index (χ1) is 16.0. The van der Waals surface area contributed by atoms with Crippen molar-refractivity contribution < 1.29 is 19.0 Å². The Morgan fingerprint density at radius 3 is 2.61 bits per heavy atom. The van der Waals surface area contributed by atoms with Gasteiger partial charge in [0.25, 0.3) is 5.91 Å². The van der Waals surface area contributed by atoms with Gasteiger partial charge in [-0.1, -0.05) is 12.8 Å². The van der Waals surface area contributed by atoms with Crippen molar-refractivity contribution in [3.8, 4) is 29.6 Å². The van der Waals surface area contributed by atoms with Gasteiger partial charge in [-0.05, 0) is 89.1 Å². The second kappa shape index (κ2) is 11.8. The molecular formula is C25H25BrN2O4S. The molecule has 0 atom stereocenters. The SMILES string of the molecule is C#CCOc1c(Br)cc(C=C2SC(=Nc3ccc(OC)cc3)N(CCC)C2=O)cc1OCC. The van der Waals surface area contributed by atoms with E-state index in [4.69, 9.17) is 25.6 Å². The molecule has 0 aromatic heterocycles. The molecule has 1 aliphatic heterocycles. The molecule has 0 N–H and O–H groups in total. The van der Waals surface area contributed by atoms with Crippen LogP contribution < -0.4 is 14.2 Å². The van der Waals surface area contributed by atoms with Gasteiger partial charge in [-0.2, -0.15) is 0 Å². The largest absolute Gasteiger partial charge is 0.497 e. The fraction of sp³-hybridized carbons (Fsp3) is 0.280. The topological polar surface area (TPSA) is 60.4 Å². The predicted molar refractivity (Wildman–Crippen MR) is 137 cm³/mol. The van der Waals surface area contributed by atoms with Gasteiger partial charge in [-0.3, -0.25) is 9.69 Å². The van der Waals surface area contributed by atoms with Gasteiger partial charge in [0.15, 0.2) is 16.7 Å². The van der Waals surface area contributed by atoms with Gasteiger partial charge in [0.1, 0.15) is 12.4 Å². The van der Waals surface area contributed by atoms with Gasteiger partial charge < -0.3 is 14.2 Å². The van der Waals surface area contributed by atoms with Crippen molar-refractivity contribution in [3.63, 3.8) is 0 Å². The van der Waals surface area contributed by atoms with Gasteiger partial charge in [0.2, 0.25) is 0 Å². The number of hydrogen-bond donors (Lipinski definition) is 0. The lowest BCUT2D eigenvalue weighted by atomic mass is 10.2. The summed E-state index contributed by atoms with van der Waals surface area (Å²) in [5.41, 5.74) is 1.56. The van der Waals surface area contributed by atoms with Crippen LogP contribution in [0.1, 0.15) is 25.8 Å². The molecule has 0 unspecified atom stereocenters. The van der Waals surface area contributed by atoms with Crippen LogP contribution in [0.4, 0.5) is 5.69 Å². The van der Waals surface area contributed by atoms with Crippen LogP contribution in [0.15, 0.2) is 50.8 Å². The van der Waals surface area contributed by atoms with Crippen LogP contribution in [-0.4, -0.2) is 42.8 Å². The van der Waals surface area contributed by atoms with E-state index in [0.29, 0.717) is 39.2 Å². The van der Waals surface area contributed by atoms with Crippen LogP contribution in [0.5, 0.6) is 17.2 Å². The number of methoxy groups -OCH3 is 1. The van der Waals surface area contributed by atoms with Crippen LogP contribution in [-0.2, 0) is 4.79 Å². The maximum atomic E-state index is 13.2. The summed E-state index contributed by atoms with van der Waals surface area (Å²) < 4.78 is 17.3. The molecule has 1 fully saturated rings. The van der Waals surface area contributed by atoms with Gasteiger partial charge in [-0.15, -0.1) is 6.42 Å². The lowest BCUT2D eigenvalue weighted by Crippen LogP contribution is -2.29. The van der Waals surface area contributed by atoms with E-state index in [1.54, 1.807) is 12.0 Å². The maximum Gasteiger partial charge on any atom is 0.266 e. The first-order valence-electron chi connectivity index (χ1n) is 10.5. The Hall–Kier alpha value is -2.89. The van der Waals surface area contributed by atoms with E-state index in [-0.39, 0.29) is 12.5 Å². The third-order valence-corrected chi connectivity index (χ3v) is 6.16. The fourth-order valence-corrected chi connectivity index (χ4v) is 4.72. The average Bonchev–Trinajstić information content (AvgIpc) is 3.08. The molecule has 0 spiro atoms. The molecule has 0 aliphatic carbocycles. The first-order valence-corrected chi connectivity index (χ1v) is 12.1. The van der Waals surface area contributed by atoms with Crippen LogP contribution in [0, 0.1) is 12.3 Å². The molecule has 0 radical (unpaired) electrons. The molecule has 1 saturated heterocycles. The predicted octanol–water partition coefficient (Wildman–Crippen LogP) is 5.88. The molecule has 0 saturated carbocycles. The van der Waals surface area contributed by atoms with Crippen molar-refractivity contribution in [2.75, 3.05) is 26.9 Å². The number of hydrogen-bond acceptors (Lipinski definition) is 6. The molecule has 1 heterocycles. The molecule has 8 heteroatoms. The van der Waals surface area contributed by atoms with Crippen molar-refractivity contribution in [1.82, 2.24) is 4.90 Å². The highest BCUT2D eigenvalue weighted by molar-refractivity contribution is 9.10. The van der Waals surface area contributed by atoms with Gasteiger partial charge in [0, 0.05) is 6.54 Å². The fourth-order valence-electron chi connectivity index (χ4n) is 3.12. The van der Waals surface area contributed by atoms with Gasteiger partial charge in [-0.25, -0.2) is 4.99 Å². The molecule has 2 aromatic carbocycles. The molecule has 3 rings (SSSR count). The van der Waals surface area contributed by atoms with E-state index in [0.717, 1.165) is 23.4 Å². The molecule has 2 aromatic rings. The van der Waals surface area contributed by atoms with Crippen molar-refractivity contribution in [2.45, 2.75) is 20.3 Å². The number of carbonyl (C=O) groups excluding carboxylic acids is 1. The van der Waals surface area contributed by atoms with Crippen LogP contribution >= 0.6 is 27.7 Å². The Labute approximate surface area is 207 Å². The van der Waals surface area contributed by atoms with Gasteiger partial charge in [0.05, 0.1) is 28.8 Å². The number of amidine groups is 1. The number of carbonyl (C=O) groups is 1. The summed E-state index contributed by atoms with van der Waals surface area (Å²) in [6.45, 7) is 5.11. The summed E-state index contributed by atoms with van der Waals surface area (Å²) in [5.74, 6) is 4.23. The zero-order valence-corrected chi connectivity index (χ0v) is 21.2. The molecule has 6 nitrogen and oxygen atoms in total. The Kier molecular flexibility index (Phi) is 8.87. The third-order valence-electron chi connectivity index (χ3n) is 4.56. The van der Waals surface area contributed by atoms with E-state index in [2.05, 4.69) is 21.9 Å². The molecule has 1 amide bonds. The monoisotopic (exact) mass is 528 g/mol. The molecule has 1 aliphatic rings. The molecule has 172 valence electrons. The highest BCUT2D eigenvalue weighted by Crippen LogP contribution is 2.39. The van der Waals surface area contributed by atoms with E-state index in [9.17, 15) is 4.79 Å². The number of benzene rings is 2. The Morgan fingerprint density at radius 2 is 1.97 bits per heavy atom. The minimum Gasteiger partial charge on any atom is -0.497 e. The van der Waals surface area contributed by atoms with Gasteiger partial charge >= 0.3 is 0 Å². The number of amides is 1. The normalized spacial score (nSPS) is 15.7. The highest BCUT2D eigenvalue weighted by atomic mass is 79.9. The van der Waals surface area contributed by atoms with Crippen molar-refractivity contribution in [1.29, 1.82) is 0 Å². The Morgan fingerprint density at radius 1 is 1.21 bits per heavy atom. The number of nitrogens with zero attached hydrogens (tertiary/aromatic N) is 2. The van der Waals surface area contributed by atoms with Crippen molar-refractivity contribution >= 4 is 50.5 Å². The van der Waals surface area contributed by atoms with Crippen molar-refractivity contribution in [3.05, 3.63) is 51.3 Å². The first kappa shape index (κ1) is 24.7. The average molecular weight is 529 g/mol. The number of rotatable bonds is 9. The van der Waals surface area contributed by atoms with E-state index >= 15 is 0 Å². The summed E-state index contributed by atoms with van der Waals surface area (Å²) in [6.07, 6.45) is 7.98. The van der Waals surface area contributed by atoms with E-state index < -0.39 is 0 Å². The highest BCUT2D eigenvalue weighted by Gasteiger charge is 2.33. The molecule has 0 bridgehead atoms. The summed E-state index contributed by atoms with van der Waals surface area (Å²) >= 11 is 4.88. The van der Waals surface area contributed by atoms with E-state index in [1.165, 1.54) is 11.8 Å². The summed E-state index contributed by atoms with van der Waals surface area (Å²) in [7, 11) is 1.62. The third kappa shape index (κ3) is 6.12. The lowest BCUT2D eigenvalue weighted by Gasteiger charge is -2.14. The van der Waals surface area contributed by atoms with Crippen LogP contribution in [0.25, 0.3) is 6.08 Å². The second-order valence-electron chi connectivity index (χ2n) is 6.92. The Balaban J connectivity index is 1.95.